The maximum atomic E-state index is 11.3. The zero-order chi connectivity index (χ0) is 14.5. The number of hydrogen-bond donors (Lipinski definition) is 2. The van der Waals surface area contributed by atoms with Gasteiger partial charge in [-0.15, -0.1) is 0 Å². The SMILES string of the molecule is CN(C)c1ccc(C=NNc2cn[nH]c(=O)c2Br)cc1. The summed E-state index contributed by atoms with van der Waals surface area (Å²) < 4.78 is 0.368. The molecule has 0 spiro atoms. The fourth-order valence-electron chi connectivity index (χ4n) is 1.50. The van der Waals surface area contributed by atoms with Crippen molar-refractivity contribution in [1.29, 1.82) is 0 Å². The fraction of sp³-hybridized carbons (Fsp3) is 0.154. The Hall–Kier alpha value is -2.15. The maximum absolute atomic E-state index is 11.3. The van der Waals surface area contributed by atoms with Crippen molar-refractivity contribution in [2.45, 2.75) is 0 Å². The second-order valence-corrected chi connectivity index (χ2v) is 5.08. The Morgan fingerprint density at radius 2 is 2.05 bits per heavy atom. The molecule has 6 nitrogen and oxygen atoms in total. The van der Waals surface area contributed by atoms with Crippen LogP contribution in [0.2, 0.25) is 0 Å². The lowest BCUT2D eigenvalue weighted by molar-refractivity contribution is 0.977. The van der Waals surface area contributed by atoms with E-state index >= 15 is 0 Å². The molecule has 7 heteroatoms. The first-order chi connectivity index (χ1) is 9.58. The number of halogens is 1. The average Bonchev–Trinajstić information content (AvgIpc) is 2.44. The number of nitrogens with one attached hydrogen (secondary N) is 2. The van der Waals surface area contributed by atoms with E-state index in [-0.39, 0.29) is 5.56 Å². The Balaban J connectivity index is 2.06. The van der Waals surface area contributed by atoms with Crippen LogP contribution in [-0.4, -0.2) is 30.5 Å². The van der Waals surface area contributed by atoms with E-state index in [2.05, 4.69) is 36.7 Å². The van der Waals surface area contributed by atoms with Gasteiger partial charge in [0.15, 0.2) is 0 Å². The number of anilines is 2. The van der Waals surface area contributed by atoms with E-state index in [9.17, 15) is 4.79 Å². The molecule has 1 aromatic heterocycles. The summed E-state index contributed by atoms with van der Waals surface area (Å²) in [5, 5.41) is 10.1. The van der Waals surface area contributed by atoms with Crippen LogP contribution in [-0.2, 0) is 0 Å². The average molecular weight is 336 g/mol. The molecule has 0 fully saturated rings. The van der Waals surface area contributed by atoms with Gasteiger partial charge in [-0.25, -0.2) is 5.10 Å². The molecule has 20 heavy (non-hydrogen) atoms. The molecule has 0 unspecified atom stereocenters. The van der Waals surface area contributed by atoms with Gasteiger partial charge in [-0.05, 0) is 33.6 Å². The molecule has 0 amide bonds. The van der Waals surface area contributed by atoms with Crippen LogP contribution < -0.4 is 15.9 Å². The van der Waals surface area contributed by atoms with Crippen LogP contribution in [0.25, 0.3) is 0 Å². The topological polar surface area (TPSA) is 73.4 Å². The summed E-state index contributed by atoms with van der Waals surface area (Å²) in [4.78, 5) is 13.3. The van der Waals surface area contributed by atoms with Gasteiger partial charge >= 0.3 is 0 Å². The standard InChI is InChI=1S/C13H14BrN5O/c1-19(2)10-5-3-9(4-6-10)7-15-17-11-8-16-18-13(20)12(11)14/h3-8H,1-2H3,(H2,17,18,20). The first-order valence-electron chi connectivity index (χ1n) is 5.87. The second-order valence-electron chi connectivity index (χ2n) is 4.28. The Bertz CT molecular complexity index is 663. The predicted octanol–water partition coefficient (Wildman–Crippen LogP) is 2.04. The normalized spacial score (nSPS) is 10.8. The van der Waals surface area contributed by atoms with Gasteiger partial charge in [0.05, 0.1) is 18.1 Å². The van der Waals surface area contributed by atoms with Gasteiger partial charge in [0.1, 0.15) is 4.47 Å². The first-order valence-corrected chi connectivity index (χ1v) is 6.67. The third kappa shape index (κ3) is 3.45. The summed E-state index contributed by atoms with van der Waals surface area (Å²) in [7, 11) is 3.98. The van der Waals surface area contributed by atoms with Gasteiger partial charge in [-0.3, -0.25) is 10.2 Å². The summed E-state index contributed by atoms with van der Waals surface area (Å²) in [6, 6.07) is 7.94. The van der Waals surface area contributed by atoms with Crippen molar-refractivity contribution >= 4 is 33.5 Å². The molecule has 104 valence electrons. The molecule has 1 aromatic carbocycles. The van der Waals surface area contributed by atoms with Crippen molar-refractivity contribution < 1.29 is 0 Å². The Morgan fingerprint density at radius 1 is 1.35 bits per heavy atom. The molecule has 0 radical (unpaired) electrons. The van der Waals surface area contributed by atoms with Crippen LogP contribution in [0.4, 0.5) is 11.4 Å². The van der Waals surface area contributed by atoms with Crippen molar-refractivity contribution in [3.63, 3.8) is 0 Å². The fourth-order valence-corrected chi connectivity index (χ4v) is 1.78. The van der Waals surface area contributed by atoms with E-state index in [0.717, 1.165) is 11.3 Å². The minimum absolute atomic E-state index is 0.305. The molecular formula is C13H14BrN5O. The highest BCUT2D eigenvalue weighted by molar-refractivity contribution is 9.10. The minimum Gasteiger partial charge on any atom is -0.378 e. The third-order valence-corrected chi connectivity index (χ3v) is 3.39. The Morgan fingerprint density at radius 3 is 2.70 bits per heavy atom. The van der Waals surface area contributed by atoms with E-state index in [0.29, 0.717) is 10.2 Å². The van der Waals surface area contributed by atoms with Crippen LogP contribution in [0.5, 0.6) is 0 Å². The largest absolute Gasteiger partial charge is 0.378 e. The highest BCUT2D eigenvalue weighted by atomic mass is 79.9. The van der Waals surface area contributed by atoms with E-state index in [1.54, 1.807) is 6.21 Å². The predicted molar refractivity (Wildman–Crippen MR) is 84.5 cm³/mol. The van der Waals surface area contributed by atoms with Gasteiger partial charge in [0.25, 0.3) is 5.56 Å². The number of aromatic amines is 1. The molecule has 0 aliphatic rings. The smallest absolute Gasteiger partial charge is 0.280 e. The summed E-state index contributed by atoms with van der Waals surface area (Å²) in [6.45, 7) is 0. The lowest BCUT2D eigenvalue weighted by Crippen LogP contribution is -2.10. The van der Waals surface area contributed by atoms with Gasteiger partial charge in [-0.2, -0.15) is 10.2 Å². The molecular weight excluding hydrogens is 322 g/mol. The molecule has 0 atom stereocenters. The highest BCUT2D eigenvalue weighted by Gasteiger charge is 2.02. The van der Waals surface area contributed by atoms with E-state index < -0.39 is 0 Å². The van der Waals surface area contributed by atoms with Crippen LogP contribution in [0.1, 0.15) is 5.56 Å². The molecule has 0 bridgehead atoms. The lowest BCUT2D eigenvalue weighted by atomic mass is 10.2. The zero-order valence-corrected chi connectivity index (χ0v) is 12.7. The lowest BCUT2D eigenvalue weighted by Gasteiger charge is -2.11. The molecule has 0 saturated carbocycles. The monoisotopic (exact) mass is 335 g/mol. The van der Waals surface area contributed by atoms with Gasteiger partial charge in [0.2, 0.25) is 0 Å². The van der Waals surface area contributed by atoms with Gasteiger partial charge in [0, 0.05) is 19.8 Å². The van der Waals surface area contributed by atoms with Gasteiger partial charge < -0.3 is 4.90 Å². The van der Waals surface area contributed by atoms with Gasteiger partial charge in [-0.1, -0.05) is 12.1 Å². The van der Waals surface area contributed by atoms with Crippen molar-refractivity contribution in [3.8, 4) is 0 Å². The highest BCUT2D eigenvalue weighted by Crippen LogP contribution is 2.15. The number of nitrogens with zero attached hydrogens (tertiary/aromatic N) is 3. The Kier molecular flexibility index (Phi) is 4.52. The molecule has 0 saturated heterocycles. The molecule has 2 aromatic rings. The number of hydrogen-bond acceptors (Lipinski definition) is 5. The Labute approximate surface area is 124 Å². The van der Waals surface area contributed by atoms with Crippen molar-refractivity contribution in [3.05, 3.63) is 50.9 Å². The van der Waals surface area contributed by atoms with Crippen LogP contribution in [0, 0.1) is 0 Å². The molecule has 1 heterocycles. The number of H-pyrrole nitrogens is 1. The number of hydrazone groups is 1. The van der Waals surface area contributed by atoms with Crippen LogP contribution in [0.3, 0.4) is 0 Å². The number of aromatic nitrogens is 2. The summed E-state index contributed by atoms with van der Waals surface area (Å²) >= 11 is 3.17. The van der Waals surface area contributed by atoms with Crippen molar-refractivity contribution in [2.75, 3.05) is 24.4 Å². The summed E-state index contributed by atoms with van der Waals surface area (Å²) in [5.74, 6) is 0. The number of benzene rings is 1. The second kappa shape index (κ2) is 6.33. The maximum Gasteiger partial charge on any atom is 0.280 e. The number of rotatable bonds is 4. The summed E-state index contributed by atoms with van der Waals surface area (Å²) in [6.07, 6.45) is 3.16. The van der Waals surface area contributed by atoms with E-state index in [4.69, 9.17) is 0 Å². The van der Waals surface area contributed by atoms with Crippen LogP contribution >= 0.6 is 15.9 Å². The third-order valence-electron chi connectivity index (χ3n) is 2.60. The quantitative estimate of drug-likeness (QED) is 0.662. The minimum atomic E-state index is -0.305. The summed E-state index contributed by atoms with van der Waals surface area (Å²) in [5.41, 5.74) is 5.05. The van der Waals surface area contributed by atoms with E-state index in [1.165, 1.54) is 6.20 Å². The molecule has 0 aliphatic carbocycles. The van der Waals surface area contributed by atoms with Crippen molar-refractivity contribution in [2.24, 2.45) is 5.10 Å². The van der Waals surface area contributed by atoms with Crippen molar-refractivity contribution in [1.82, 2.24) is 10.2 Å². The molecule has 2 rings (SSSR count). The first kappa shape index (κ1) is 14.3. The molecule has 0 aliphatic heterocycles. The molecule has 2 N–H and O–H groups in total. The van der Waals surface area contributed by atoms with Crippen LogP contribution in [0.15, 0.2) is 44.8 Å². The van der Waals surface area contributed by atoms with E-state index in [1.807, 2.05) is 43.3 Å². The zero-order valence-electron chi connectivity index (χ0n) is 11.1.